The zero-order valence-electron chi connectivity index (χ0n) is 11.8. The molecule has 0 radical (unpaired) electrons. The minimum atomic E-state index is -0.0194. The van der Waals surface area contributed by atoms with Crippen molar-refractivity contribution in [2.45, 2.75) is 45.4 Å². The number of hydrogen-bond donors (Lipinski definition) is 0. The molecule has 0 amide bonds. The molecule has 19 heavy (non-hydrogen) atoms. The van der Waals surface area contributed by atoms with E-state index in [1.165, 1.54) is 37.7 Å². The van der Waals surface area contributed by atoms with E-state index in [2.05, 4.69) is 30.3 Å². The molecule has 2 nitrogen and oxygen atoms in total. The van der Waals surface area contributed by atoms with Gasteiger partial charge in [0.15, 0.2) is 0 Å². The molecule has 104 valence electrons. The Morgan fingerprint density at radius 2 is 1.74 bits per heavy atom. The van der Waals surface area contributed by atoms with E-state index in [4.69, 9.17) is 4.74 Å². The van der Waals surface area contributed by atoms with Crippen molar-refractivity contribution < 1.29 is 9.53 Å². The zero-order valence-corrected chi connectivity index (χ0v) is 11.8. The van der Waals surface area contributed by atoms with Gasteiger partial charge in [-0.1, -0.05) is 30.3 Å². The Balaban J connectivity index is 1.72. The smallest absolute Gasteiger partial charge is 0.306 e. The quantitative estimate of drug-likeness (QED) is 0.748. The fraction of sp³-hybridized carbons (Fsp3) is 0.588. The van der Waals surface area contributed by atoms with Crippen LogP contribution in [0.2, 0.25) is 0 Å². The highest BCUT2D eigenvalue weighted by molar-refractivity contribution is 5.69. The van der Waals surface area contributed by atoms with E-state index in [1.807, 2.05) is 6.92 Å². The van der Waals surface area contributed by atoms with Gasteiger partial charge in [-0.15, -0.1) is 0 Å². The molecule has 2 rings (SSSR count). The maximum Gasteiger partial charge on any atom is 0.306 e. The minimum absolute atomic E-state index is 0.0194. The van der Waals surface area contributed by atoms with Crippen LogP contribution in [0.4, 0.5) is 0 Å². The lowest BCUT2D eigenvalue weighted by Gasteiger charge is -2.28. The van der Waals surface area contributed by atoms with Crippen LogP contribution in [0.25, 0.3) is 0 Å². The van der Waals surface area contributed by atoms with E-state index in [0.717, 1.165) is 5.92 Å². The van der Waals surface area contributed by atoms with Crippen LogP contribution in [0.15, 0.2) is 30.3 Å². The van der Waals surface area contributed by atoms with Crippen LogP contribution in [-0.2, 0) is 16.0 Å². The topological polar surface area (TPSA) is 26.3 Å². The van der Waals surface area contributed by atoms with Crippen LogP contribution in [-0.4, -0.2) is 12.6 Å². The fourth-order valence-corrected chi connectivity index (χ4v) is 3.04. The molecule has 0 atom stereocenters. The molecule has 0 heterocycles. The summed E-state index contributed by atoms with van der Waals surface area (Å²) >= 11 is 0. The van der Waals surface area contributed by atoms with Crippen LogP contribution in [0.1, 0.15) is 44.6 Å². The Kier molecular flexibility index (Phi) is 5.44. The predicted molar refractivity (Wildman–Crippen MR) is 76.8 cm³/mol. The largest absolute Gasteiger partial charge is 0.466 e. The molecular weight excluding hydrogens is 236 g/mol. The van der Waals surface area contributed by atoms with Crippen molar-refractivity contribution in [2.24, 2.45) is 11.8 Å². The van der Waals surface area contributed by atoms with E-state index >= 15 is 0 Å². The van der Waals surface area contributed by atoms with Crippen molar-refractivity contribution in [1.82, 2.24) is 0 Å². The van der Waals surface area contributed by atoms with Gasteiger partial charge in [-0.25, -0.2) is 0 Å². The Morgan fingerprint density at radius 1 is 1.11 bits per heavy atom. The van der Waals surface area contributed by atoms with E-state index in [0.29, 0.717) is 18.9 Å². The van der Waals surface area contributed by atoms with Gasteiger partial charge in [0, 0.05) is 6.42 Å². The molecule has 0 spiro atoms. The summed E-state index contributed by atoms with van der Waals surface area (Å²) in [5, 5.41) is 0. The van der Waals surface area contributed by atoms with Crippen LogP contribution in [0, 0.1) is 11.8 Å². The summed E-state index contributed by atoms with van der Waals surface area (Å²) in [7, 11) is 0. The summed E-state index contributed by atoms with van der Waals surface area (Å²) in [5.41, 5.74) is 1.44. The number of esters is 1. The molecule has 1 aromatic rings. The molecule has 2 heteroatoms. The first-order valence-electron chi connectivity index (χ1n) is 7.47. The van der Waals surface area contributed by atoms with Gasteiger partial charge in [-0.3, -0.25) is 4.79 Å². The summed E-state index contributed by atoms with van der Waals surface area (Å²) in [6.07, 6.45) is 6.66. The van der Waals surface area contributed by atoms with Crippen molar-refractivity contribution in [1.29, 1.82) is 0 Å². The molecule has 0 aromatic heterocycles. The summed E-state index contributed by atoms with van der Waals surface area (Å²) in [6.45, 7) is 2.37. The zero-order chi connectivity index (χ0) is 13.5. The standard InChI is InChI=1S/C17H24O2/c1-2-19-17(18)13-16-10-8-15(9-11-16)12-14-6-4-3-5-7-14/h3-7,15-16H,2,8-13H2,1H3/t15-,16-. The van der Waals surface area contributed by atoms with Gasteiger partial charge in [0.1, 0.15) is 0 Å². The average Bonchev–Trinajstić information content (AvgIpc) is 2.42. The first kappa shape index (κ1) is 14.1. The number of carbonyl (C=O) groups excluding carboxylic acids is 1. The summed E-state index contributed by atoms with van der Waals surface area (Å²) < 4.78 is 5.03. The molecule has 1 saturated carbocycles. The lowest BCUT2D eigenvalue weighted by molar-refractivity contribution is -0.144. The summed E-state index contributed by atoms with van der Waals surface area (Å²) in [4.78, 5) is 11.5. The number of hydrogen-bond acceptors (Lipinski definition) is 2. The summed E-state index contributed by atoms with van der Waals surface area (Å²) in [6, 6.07) is 10.7. The summed E-state index contributed by atoms with van der Waals surface area (Å²) in [5.74, 6) is 1.32. The lowest BCUT2D eigenvalue weighted by atomic mass is 9.78. The molecule has 1 aliphatic carbocycles. The highest BCUT2D eigenvalue weighted by atomic mass is 16.5. The van der Waals surface area contributed by atoms with Crippen molar-refractivity contribution in [2.75, 3.05) is 6.61 Å². The molecule has 0 bridgehead atoms. The molecular formula is C17H24O2. The van der Waals surface area contributed by atoms with Crippen molar-refractivity contribution in [3.8, 4) is 0 Å². The second-order valence-corrected chi connectivity index (χ2v) is 5.59. The van der Waals surface area contributed by atoms with E-state index in [1.54, 1.807) is 0 Å². The van der Waals surface area contributed by atoms with E-state index in [-0.39, 0.29) is 5.97 Å². The maximum atomic E-state index is 11.5. The number of rotatable bonds is 5. The average molecular weight is 260 g/mol. The van der Waals surface area contributed by atoms with Crippen LogP contribution in [0.3, 0.4) is 0 Å². The van der Waals surface area contributed by atoms with Crippen molar-refractivity contribution in [3.63, 3.8) is 0 Å². The number of carbonyl (C=O) groups is 1. The third-order valence-electron chi connectivity index (χ3n) is 4.09. The Hall–Kier alpha value is -1.31. The van der Waals surface area contributed by atoms with Crippen LogP contribution >= 0.6 is 0 Å². The van der Waals surface area contributed by atoms with Gasteiger partial charge in [-0.2, -0.15) is 0 Å². The molecule has 0 N–H and O–H groups in total. The third kappa shape index (κ3) is 4.70. The molecule has 0 aliphatic heterocycles. The fourth-order valence-electron chi connectivity index (χ4n) is 3.04. The van der Waals surface area contributed by atoms with E-state index in [9.17, 15) is 4.79 Å². The Labute approximate surface area is 116 Å². The predicted octanol–water partition coefficient (Wildman–Crippen LogP) is 3.99. The molecule has 0 saturated heterocycles. The monoisotopic (exact) mass is 260 g/mol. The maximum absolute atomic E-state index is 11.5. The number of benzene rings is 1. The van der Waals surface area contributed by atoms with Gasteiger partial charge in [0.25, 0.3) is 0 Å². The first-order chi connectivity index (χ1) is 9.28. The highest BCUT2D eigenvalue weighted by Gasteiger charge is 2.23. The van der Waals surface area contributed by atoms with Gasteiger partial charge < -0.3 is 4.74 Å². The van der Waals surface area contributed by atoms with Gasteiger partial charge in [-0.05, 0) is 56.4 Å². The van der Waals surface area contributed by atoms with Crippen molar-refractivity contribution >= 4 is 5.97 Å². The highest BCUT2D eigenvalue weighted by Crippen LogP contribution is 2.32. The van der Waals surface area contributed by atoms with Crippen molar-refractivity contribution in [3.05, 3.63) is 35.9 Å². The van der Waals surface area contributed by atoms with E-state index < -0.39 is 0 Å². The second-order valence-electron chi connectivity index (χ2n) is 5.59. The van der Waals surface area contributed by atoms with Crippen LogP contribution in [0.5, 0.6) is 0 Å². The third-order valence-corrected chi connectivity index (χ3v) is 4.09. The molecule has 1 fully saturated rings. The number of ether oxygens (including phenoxy) is 1. The SMILES string of the molecule is CCOC(=O)C[C@H]1CC[C@H](Cc2ccccc2)CC1. The van der Waals surface area contributed by atoms with Gasteiger partial charge in [0.2, 0.25) is 0 Å². The Morgan fingerprint density at radius 3 is 2.37 bits per heavy atom. The molecule has 1 aliphatic rings. The molecule has 1 aromatic carbocycles. The molecule has 0 unspecified atom stereocenters. The minimum Gasteiger partial charge on any atom is -0.466 e. The first-order valence-corrected chi connectivity index (χ1v) is 7.47. The van der Waals surface area contributed by atoms with Crippen LogP contribution < -0.4 is 0 Å². The van der Waals surface area contributed by atoms with Gasteiger partial charge >= 0.3 is 5.97 Å². The lowest BCUT2D eigenvalue weighted by Crippen LogP contribution is -2.19. The van der Waals surface area contributed by atoms with Gasteiger partial charge in [0.05, 0.1) is 6.61 Å². The normalized spacial score (nSPS) is 23.0. The second kappa shape index (κ2) is 7.32. The Bertz CT molecular complexity index is 378.